The second kappa shape index (κ2) is 4.85. The number of piperidine rings is 1. The molecule has 20 heavy (non-hydrogen) atoms. The van der Waals surface area contributed by atoms with Crippen molar-refractivity contribution in [2.45, 2.75) is 45.1 Å². The minimum absolute atomic E-state index is 0.0259. The average Bonchev–Trinajstić information content (AvgIpc) is 3.26. The molecule has 2 fully saturated rings. The molecule has 1 saturated heterocycles. The molecule has 3 rings (SSSR count). The van der Waals surface area contributed by atoms with Gasteiger partial charge in [-0.05, 0) is 42.2 Å². The number of amides is 1. The van der Waals surface area contributed by atoms with E-state index in [4.69, 9.17) is 5.73 Å². The number of hydrogen-bond acceptors (Lipinski definition) is 3. The number of carbonyl (C=O) groups is 1. The van der Waals surface area contributed by atoms with Crippen LogP contribution in [0.2, 0.25) is 0 Å². The summed E-state index contributed by atoms with van der Waals surface area (Å²) in [6, 6.07) is 4.09. The molecular formula is C16H23N3O. The predicted molar refractivity (Wildman–Crippen MR) is 78.5 cm³/mol. The minimum Gasteiger partial charge on any atom is -0.337 e. The van der Waals surface area contributed by atoms with E-state index < -0.39 is 0 Å². The van der Waals surface area contributed by atoms with Gasteiger partial charge in [-0.25, -0.2) is 0 Å². The molecule has 0 spiro atoms. The van der Waals surface area contributed by atoms with E-state index >= 15 is 0 Å². The number of nitrogens with two attached hydrogens (primary N) is 1. The van der Waals surface area contributed by atoms with E-state index in [0.717, 1.165) is 13.0 Å². The van der Waals surface area contributed by atoms with Crippen LogP contribution in [0.3, 0.4) is 0 Å². The second-order valence-corrected chi connectivity index (χ2v) is 6.86. The van der Waals surface area contributed by atoms with Crippen LogP contribution in [0.1, 0.15) is 55.1 Å². The first-order chi connectivity index (χ1) is 9.47. The monoisotopic (exact) mass is 273 g/mol. The Labute approximate surface area is 120 Å². The van der Waals surface area contributed by atoms with Gasteiger partial charge in [0.2, 0.25) is 0 Å². The lowest BCUT2D eigenvalue weighted by molar-refractivity contribution is 0.0527. The first kappa shape index (κ1) is 13.6. The Hall–Kier alpha value is -1.42. The molecule has 2 aliphatic rings. The fourth-order valence-corrected chi connectivity index (χ4v) is 2.90. The quantitative estimate of drug-likeness (QED) is 0.898. The first-order valence-corrected chi connectivity index (χ1v) is 7.48. The molecule has 2 heterocycles. The van der Waals surface area contributed by atoms with Gasteiger partial charge in [-0.15, -0.1) is 0 Å². The third-order valence-electron chi connectivity index (χ3n) is 4.65. The molecular weight excluding hydrogens is 250 g/mol. The van der Waals surface area contributed by atoms with E-state index in [9.17, 15) is 4.79 Å². The van der Waals surface area contributed by atoms with Crippen LogP contribution in [0.25, 0.3) is 0 Å². The largest absolute Gasteiger partial charge is 0.337 e. The number of rotatable bonds is 2. The summed E-state index contributed by atoms with van der Waals surface area (Å²) in [4.78, 5) is 18.8. The van der Waals surface area contributed by atoms with Crippen LogP contribution < -0.4 is 5.73 Å². The number of aromatic nitrogens is 1. The highest BCUT2D eigenvalue weighted by atomic mass is 16.2. The Morgan fingerprint density at radius 2 is 2.10 bits per heavy atom. The zero-order valence-corrected chi connectivity index (χ0v) is 12.3. The van der Waals surface area contributed by atoms with Crippen LogP contribution in [0.4, 0.5) is 0 Å². The molecule has 1 aliphatic heterocycles. The van der Waals surface area contributed by atoms with E-state index in [1.807, 2.05) is 17.2 Å². The molecule has 0 bridgehead atoms. The zero-order chi connectivity index (χ0) is 14.3. The summed E-state index contributed by atoms with van der Waals surface area (Å²) in [7, 11) is 0. The topological polar surface area (TPSA) is 59.2 Å². The van der Waals surface area contributed by atoms with E-state index in [-0.39, 0.29) is 17.4 Å². The van der Waals surface area contributed by atoms with Crippen molar-refractivity contribution in [2.75, 3.05) is 13.1 Å². The van der Waals surface area contributed by atoms with Crippen LogP contribution in [-0.2, 0) is 0 Å². The Morgan fingerprint density at radius 3 is 2.65 bits per heavy atom. The Morgan fingerprint density at radius 1 is 1.35 bits per heavy atom. The van der Waals surface area contributed by atoms with Crippen LogP contribution in [0, 0.1) is 5.41 Å². The maximum absolute atomic E-state index is 12.5. The van der Waals surface area contributed by atoms with Crippen molar-refractivity contribution in [2.24, 2.45) is 11.1 Å². The number of nitrogens with zero attached hydrogens (tertiary/aromatic N) is 2. The molecule has 108 valence electrons. The first-order valence-electron chi connectivity index (χ1n) is 7.48. The van der Waals surface area contributed by atoms with Gasteiger partial charge < -0.3 is 10.6 Å². The highest BCUT2D eigenvalue weighted by Gasteiger charge is 2.36. The summed E-state index contributed by atoms with van der Waals surface area (Å²) in [6.45, 7) is 5.69. The SMILES string of the molecule is CC1(C)CN(C(=O)c2ccc(C3CC3)cn2)CCC1N. The fraction of sp³-hybridized carbons (Fsp3) is 0.625. The van der Waals surface area contributed by atoms with Gasteiger partial charge in [0.05, 0.1) is 0 Å². The molecule has 4 heteroatoms. The Kier molecular flexibility index (Phi) is 3.28. The van der Waals surface area contributed by atoms with E-state index in [0.29, 0.717) is 18.2 Å². The van der Waals surface area contributed by atoms with Gasteiger partial charge in [0.15, 0.2) is 0 Å². The van der Waals surface area contributed by atoms with Gasteiger partial charge in [-0.2, -0.15) is 0 Å². The highest BCUT2D eigenvalue weighted by Crippen LogP contribution is 2.39. The highest BCUT2D eigenvalue weighted by molar-refractivity contribution is 5.92. The number of likely N-dealkylation sites (tertiary alicyclic amines) is 1. The standard InChI is InChI=1S/C16H23N3O/c1-16(2)10-19(8-7-14(16)17)15(20)13-6-5-12(9-18-13)11-3-4-11/h5-6,9,11,14H,3-4,7-8,10,17H2,1-2H3. The lowest BCUT2D eigenvalue weighted by atomic mass is 9.79. The lowest BCUT2D eigenvalue weighted by Crippen LogP contribution is -2.54. The van der Waals surface area contributed by atoms with Crippen molar-refractivity contribution in [3.8, 4) is 0 Å². The van der Waals surface area contributed by atoms with Crippen molar-refractivity contribution in [3.63, 3.8) is 0 Å². The number of hydrogen-bond donors (Lipinski definition) is 1. The molecule has 1 amide bonds. The normalized spacial score (nSPS) is 25.6. The Bertz CT molecular complexity index is 505. The summed E-state index contributed by atoms with van der Waals surface area (Å²) in [6.07, 6.45) is 5.24. The summed E-state index contributed by atoms with van der Waals surface area (Å²) in [5.74, 6) is 0.714. The van der Waals surface area contributed by atoms with Gasteiger partial charge in [-0.1, -0.05) is 19.9 Å². The van der Waals surface area contributed by atoms with Crippen molar-refractivity contribution >= 4 is 5.91 Å². The van der Waals surface area contributed by atoms with E-state index in [1.165, 1.54) is 18.4 Å². The predicted octanol–water partition coefficient (Wildman–Crippen LogP) is 2.16. The van der Waals surface area contributed by atoms with Crippen LogP contribution in [0.15, 0.2) is 18.3 Å². The van der Waals surface area contributed by atoms with Gasteiger partial charge in [0, 0.05) is 25.3 Å². The number of pyridine rings is 1. The third kappa shape index (κ3) is 2.57. The van der Waals surface area contributed by atoms with Crippen LogP contribution >= 0.6 is 0 Å². The molecule has 1 saturated carbocycles. The molecule has 0 radical (unpaired) electrons. The van der Waals surface area contributed by atoms with E-state index in [1.54, 1.807) is 0 Å². The molecule has 1 unspecified atom stereocenters. The average molecular weight is 273 g/mol. The summed E-state index contributed by atoms with van der Waals surface area (Å²) in [5, 5.41) is 0. The molecule has 2 N–H and O–H groups in total. The Balaban J connectivity index is 1.71. The lowest BCUT2D eigenvalue weighted by Gasteiger charge is -2.42. The third-order valence-corrected chi connectivity index (χ3v) is 4.65. The van der Waals surface area contributed by atoms with Gasteiger partial charge in [0.1, 0.15) is 5.69 Å². The smallest absolute Gasteiger partial charge is 0.272 e. The summed E-state index contributed by atoms with van der Waals surface area (Å²) in [5.41, 5.74) is 7.92. The molecule has 1 aromatic heterocycles. The molecule has 1 atom stereocenters. The molecule has 4 nitrogen and oxygen atoms in total. The van der Waals surface area contributed by atoms with Crippen LogP contribution in [-0.4, -0.2) is 34.9 Å². The van der Waals surface area contributed by atoms with E-state index in [2.05, 4.69) is 24.9 Å². The van der Waals surface area contributed by atoms with Gasteiger partial charge in [0.25, 0.3) is 5.91 Å². The van der Waals surface area contributed by atoms with Crippen molar-refractivity contribution in [1.82, 2.24) is 9.88 Å². The van der Waals surface area contributed by atoms with Crippen molar-refractivity contribution < 1.29 is 4.79 Å². The van der Waals surface area contributed by atoms with Crippen molar-refractivity contribution in [3.05, 3.63) is 29.6 Å². The summed E-state index contributed by atoms with van der Waals surface area (Å²) < 4.78 is 0. The zero-order valence-electron chi connectivity index (χ0n) is 12.3. The fourth-order valence-electron chi connectivity index (χ4n) is 2.90. The van der Waals surface area contributed by atoms with Gasteiger partial charge in [-0.3, -0.25) is 9.78 Å². The molecule has 0 aromatic carbocycles. The molecule has 1 aliphatic carbocycles. The number of carbonyl (C=O) groups excluding carboxylic acids is 1. The second-order valence-electron chi connectivity index (χ2n) is 6.86. The maximum atomic E-state index is 12.5. The molecule has 1 aromatic rings. The van der Waals surface area contributed by atoms with Gasteiger partial charge >= 0.3 is 0 Å². The summed E-state index contributed by atoms with van der Waals surface area (Å²) >= 11 is 0. The minimum atomic E-state index is -0.0259. The maximum Gasteiger partial charge on any atom is 0.272 e. The van der Waals surface area contributed by atoms with Crippen LogP contribution in [0.5, 0.6) is 0 Å². The van der Waals surface area contributed by atoms with Crippen molar-refractivity contribution in [1.29, 1.82) is 0 Å².